The Bertz CT molecular complexity index is 678. The molecule has 21 heavy (non-hydrogen) atoms. The van der Waals surface area contributed by atoms with Crippen LogP contribution < -0.4 is 5.32 Å². The number of nitrogens with zero attached hydrogens (tertiary/aromatic N) is 1. The minimum absolute atomic E-state index is 0.0438. The molecule has 0 aliphatic carbocycles. The van der Waals surface area contributed by atoms with Gasteiger partial charge in [0.25, 0.3) is 10.0 Å². The first kappa shape index (κ1) is 16.9. The summed E-state index contributed by atoms with van der Waals surface area (Å²) in [5, 5.41) is 5.06. The van der Waals surface area contributed by atoms with Crippen molar-refractivity contribution in [3.8, 4) is 0 Å². The Morgan fingerprint density at radius 1 is 1.33 bits per heavy atom. The summed E-state index contributed by atoms with van der Waals surface area (Å²) in [6.07, 6.45) is 0. The van der Waals surface area contributed by atoms with Crippen molar-refractivity contribution in [1.82, 2.24) is 9.62 Å². The lowest BCUT2D eigenvalue weighted by Gasteiger charge is -2.25. The van der Waals surface area contributed by atoms with E-state index in [4.69, 9.17) is 0 Å². The summed E-state index contributed by atoms with van der Waals surface area (Å²) in [5.74, 6) is -0.196. The van der Waals surface area contributed by atoms with E-state index in [0.29, 0.717) is 12.6 Å². The monoisotopic (exact) mass is 352 g/mol. The summed E-state index contributed by atoms with van der Waals surface area (Å²) < 4.78 is 49.3. The van der Waals surface area contributed by atoms with Gasteiger partial charge < -0.3 is 5.32 Å². The molecule has 1 aromatic heterocycles. The third-order valence-electron chi connectivity index (χ3n) is 3.24. The Hall–Kier alpha value is -0.480. The molecule has 6 nitrogen and oxygen atoms in total. The fraction of sp³-hybridized carbons (Fsp3) is 0.667. The lowest BCUT2D eigenvalue weighted by atomic mass is 10.3. The lowest BCUT2D eigenvalue weighted by Crippen LogP contribution is -2.43. The van der Waals surface area contributed by atoms with Crippen LogP contribution in [0, 0.1) is 0 Å². The Labute approximate surface area is 130 Å². The van der Waals surface area contributed by atoms with E-state index in [1.807, 2.05) is 19.2 Å². The van der Waals surface area contributed by atoms with Crippen molar-refractivity contribution in [2.45, 2.75) is 30.6 Å². The molecule has 1 saturated heterocycles. The SMILES string of the molecule is CC(C)NCc1csc(S(=O)(=O)N2CCS(=O)(=O)CC2)c1. The van der Waals surface area contributed by atoms with Crippen LogP contribution in [0.25, 0.3) is 0 Å². The topological polar surface area (TPSA) is 83.6 Å². The molecule has 0 unspecified atom stereocenters. The molecule has 0 amide bonds. The number of sulfone groups is 1. The Morgan fingerprint density at radius 2 is 1.95 bits per heavy atom. The summed E-state index contributed by atoms with van der Waals surface area (Å²) in [4.78, 5) is 0. The molecule has 0 radical (unpaired) electrons. The van der Waals surface area contributed by atoms with Crippen molar-refractivity contribution in [3.63, 3.8) is 0 Å². The molecule has 1 aliphatic heterocycles. The summed E-state index contributed by atoms with van der Waals surface area (Å²) in [6, 6.07) is 2.00. The van der Waals surface area contributed by atoms with Gasteiger partial charge in [-0.1, -0.05) is 13.8 Å². The summed E-state index contributed by atoms with van der Waals surface area (Å²) >= 11 is 1.18. The first-order valence-corrected chi connectivity index (χ1v) is 10.9. The molecular formula is C12H20N2O4S3. The normalized spacial score (nSPS) is 20.0. The van der Waals surface area contributed by atoms with E-state index in [1.54, 1.807) is 6.07 Å². The lowest BCUT2D eigenvalue weighted by molar-refractivity contribution is 0.432. The van der Waals surface area contributed by atoms with E-state index in [9.17, 15) is 16.8 Å². The van der Waals surface area contributed by atoms with Crippen LogP contribution >= 0.6 is 11.3 Å². The fourth-order valence-electron chi connectivity index (χ4n) is 1.97. The van der Waals surface area contributed by atoms with Gasteiger partial charge in [-0.05, 0) is 17.0 Å². The smallest absolute Gasteiger partial charge is 0.252 e. The summed E-state index contributed by atoms with van der Waals surface area (Å²) in [7, 11) is -6.65. The molecule has 120 valence electrons. The molecular weight excluding hydrogens is 332 g/mol. The van der Waals surface area contributed by atoms with Gasteiger partial charge in [0.1, 0.15) is 4.21 Å². The molecule has 0 aromatic carbocycles. The number of hydrogen-bond donors (Lipinski definition) is 1. The molecule has 1 fully saturated rings. The zero-order valence-electron chi connectivity index (χ0n) is 12.1. The molecule has 0 spiro atoms. The van der Waals surface area contributed by atoms with E-state index >= 15 is 0 Å². The van der Waals surface area contributed by atoms with Crippen molar-refractivity contribution in [3.05, 3.63) is 17.0 Å². The van der Waals surface area contributed by atoms with Gasteiger partial charge >= 0.3 is 0 Å². The minimum Gasteiger partial charge on any atom is -0.310 e. The van der Waals surface area contributed by atoms with E-state index in [0.717, 1.165) is 5.56 Å². The molecule has 0 saturated carbocycles. The van der Waals surface area contributed by atoms with Gasteiger partial charge in [0, 0.05) is 25.7 Å². The van der Waals surface area contributed by atoms with Crippen LogP contribution in [0.5, 0.6) is 0 Å². The zero-order valence-corrected chi connectivity index (χ0v) is 14.5. The van der Waals surface area contributed by atoms with Gasteiger partial charge in [0.2, 0.25) is 0 Å². The second kappa shape index (κ2) is 6.33. The van der Waals surface area contributed by atoms with Crippen molar-refractivity contribution < 1.29 is 16.8 Å². The average Bonchev–Trinajstić information content (AvgIpc) is 2.85. The number of rotatable bonds is 5. The van der Waals surface area contributed by atoms with Gasteiger partial charge in [-0.2, -0.15) is 4.31 Å². The van der Waals surface area contributed by atoms with Gasteiger partial charge in [0.15, 0.2) is 9.84 Å². The van der Waals surface area contributed by atoms with E-state index < -0.39 is 19.9 Å². The fourth-order valence-corrected chi connectivity index (χ4v) is 6.20. The van der Waals surface area contributed by atoms with E-state index in [1.165, 1.54) is 15.6 Å². The Kier molecular flexibility index (Phi) is 5.09. The number of nitrogens with one attached hydrogen (secondary N) is 1. The maximum atomic E-state index is 12.5. The highest BCUT2D eigenvalue weighted by molar-refractivity contribution is 7.92. The quantitative estimate of drug-likeness (QED) is 0.842. The second-order valence-corrected chi connectivity index (χ2v) is 10.7. The third kappa shape index (κ3) is 4.26. The number of sulfonamides is 1. The highest BCUT2D eigenvalue weighted by Crippen LogP contribution is 2.25. The van der Waals surface area contributed by atoms with Gasteiger partial charge in [-0.25, -0.2) is 16.8 Å². The van der Waals surface area contributed by atoms with Crippen LogP contribution in [-0.4, -0.2) is 51.8 Å². The van der Waals surface area contributed by atoms with E-state index in [2.05, 4.69) is 5.32 Å². The molecule has 1 aliphatic rings. The molecule has 1 N–H and O–H groups in total. The van der Waals surface area contributed by atoms with Crippen LogP contribution in [0.3, 0.4) is 0 Å². The van der Waals surface area contributed by atoms with Crippen molar-refractivity contribution >= 4 is 31.2 Å². The third-order valence-corrected chi connectivity index (χ3v) is 8.21. The molecule has 9 heteroatoms. The van der Waals surface area contributed by atoms with Crippen LogP contribution in [0.1, 0.15) is 19.4 Å². The molecule has 0 atom stereocenters. The Morgan fingerprint density at radius 3 is 2.52 bits per heavy atom. The molecule has 2 rings (SSSR count). The van der Waals surface area contributed by atoms with E-state index in [-0.39, 0.29) is 28.8 Å². The average molecular weight is 353 g/mol. The van der Waals surface area contributed by atoms with Crippen LogP contribution in [-0.2, 0) is 26.4 Å². The van der Waals surface area contributed by atoms with Crippen molar-refractivity contribution in [2.24, 2.45) is 0 Å². The van der Waals surface area contributed by atoms with Crippen molar-refractivity contribution in [2.75, 3.05) is 24.6 Å². The minimum atomic E-state index is -3.57. The number of thiophene rings is 1. The molecule has 0 bridgehead atoms. The van der Waals surface area contributed by atoms with Gasteiger partial charge in [-0.3, -0.25) is 0 Å². The first-order chi connectivity index (χ1) is 9.71. The van der Waals surface area contributed by atoms with Gasteiger partial charge in [0.05, 0.1) is 11.5 Å². The summed E-state index contributed by atoms with van der Waals surface area (Å²) in [5.41, 5.74) is 0.928. The van der Waals surface area contributed by atoms with Crippen molar-refractivity contribution in [1.29, 1.82) is 0 Å². The zero-order chi connectivity index (χ0) is 15.7. The van der Waals surface area contributed by atoms with Crippen LogP contribution in [0.4, 0.5) is 0 Å². The largest absolute Gasteiger partial charge is 0.310 e. The second-order valence-electron chi connectivity index (χ2n) is 5.37. The predicted octanol–water partition coefficient (Wildman–Crippen LogP) is 0.665. The standard InChI is InChI=1S/C12H20N2O4S3/c1-10(2)13-8-11-7-12(19-9-11)21(17,18)14-3-5-20(15,16)6-4-14/h7,9-10,13H,3-6,8H2,1-2H3. The summed E-state index contributed by atoms with van der Waals surface area (Å²) in [6.45, 7) is 4.76. The maximum Gasteiger partial charge on any atom is 0.252 e. The highest BCUT2D eigenvalue weighted by atomic mass is 32.2. The van der Waals surface area contributed by atoms with Gasteiger partial charge in [-0.15, -0.1) is 11.3 Å². The van der Waals surface area contributed by atoms with Crippen LogP contribution in [0.15, 0.2) is 15.7 Å². The van der Waals surface area contributed by atoms with Crippen LogP contribution in [0.2, 0.25) is 0 Å². The Balaban J connectivity index is 2.10. The number of hydrogen-bond acceptors (Lipinski definition) is 6. The predicted molar refractivity (Wildman–Crippen MR) is 83.7 cm³/mol. The molecule has 2 heterocycles. The highest BCUT2D eigenvalue weighted by Gasteiger charge is 2.32. The maximum absolute atomic E-state index is 12.5. The first-order valence-electron chi connectivity index (χ1n) is 6.72. The molecule has 1 aromatic rings.